The summed E-state index contributed by atoms with van der Waals surface area (Å²) in [5.41, 5.74) is 5.91. The van der Waals surface area contributed by atoms with Crippen LogP contribution in [0.25, 0.3) is 0 Å². The van der Waals surface area contributed by atoms with Crippen LogP contribution < -0.4 is 11.1 Å². The number of carbonyl (C=O) groups excluding carboxylic acids is 3. The van der Waals surface area contributed by atoms with Gasteiger partial charge in [0.1, 0.15) is 12.6 Å². The molecule has 22 heavy (non-hydrogen) atoms. The highest BCUT2D eigenvalue weighted by Gasteiger charge is 2.23. The Bertz CT molecular complexity index is 517. The summed E-state index contributed by atoms with van der Waals surface area (Å²) in [6.45, 7) is 0.103. The number of benzene rings is 1. The number of primary amides is 1. The van der Waals surface area contributed by atoms with E-state index in [2.05, 4.69) is 5.32 Å². The van der Waals surface area contributed by atoms with Crippen LogP contribution in [0, 0.1) is 0 Å². The highest BCUT2D eigenvalue weighted by molar-refractivity contribution is 5.86. The predicted molar refractivity (Wildman–Crippen MR) is 80.7 cm³/mol. The zero-order valence-electron chi connectivity index (χ0n) is 12.7. The molecule has 0 aliphatic carbocycles. The van der Waals surface area contributed by atoms with Gasteiger partial charge in [-0.2, -0.15) is 0 Å². The third-order valence-corrected chi connectivity index (χ3v) is 2.92. The molecule has 0 bridgehead atoms. The van der Waals surface area contributed by atoms with E-state index in [1.165, 1.54) is 4.90 Å². The molecule has 0 aromatic heterocycles. The lowest BCUT2D eigenvalue weighted by Gasteiger charge is -2.21. The Morgan fingerprint density at radius 3 is 2.41 bits per heavy atom. The number of alkyl carbamates (subject to hydrolysis) is 1. The van der Waals surface area contributed by atoms with Gasteiger partial charge in [-0.3, -0.25) is 9.59 Å². The van der Waals surface area contributed by atoms with Crippen LogP contribution in [-0.4, -0.2) is 42.9 Å². The second-order valence-corrected chi connectivity index (χ2v) is 5.00. The van der Waals surface area contributed by atoms with Gasteiger partial charge in [0, 0.05) is 20.5 Å². The van der Waals surface area contributed by atoms with Gasteiger partial charge in [-0.05, 0) is 12.0 Å². The van der Waals surface area contributed by atoms with Crippen LogP contribution in [0.5, 0.6) is 0 Å². The zero-order valence-corrected chi connectivity index (χ0v) is 12.7. The van der Waals surface area contributed by atoms with Crippen LogP contribution in [0.1, 0.15) is 18.4 Å². The lowest BCUT2D eigenvalue weighted by atomic mass is 10.1. The van der Waals surface area contributed by atoms with E-state index in [1.807, 2.05) is 30.3 Å². The Morgan fingerprint density at radius 1 is 1.23 bits per heavy atom. The summed E-state index contributed by atoms with van der Waals surface area (Å²) in [6.07, 6.45) is -0.579. The van der Waals surface area contributed by atoms with Crippen LogP contribution >= 0.6 is 0 Å². The summed E-state index contributed by atoms with van der Waals surface area (Å²) in [7, 11) is 3.13. The summed E-state index contributed by atoms with van der Waals surface area (Å²) in [6, 6.07) is 8.33. The maximum atomic E-state index is 12.0. The molecule has 7 heteroatoms. The molecule has 3 amide bonds. The highest BCUT2D eigenvalue weighted by Crippen LogP contribution is 2.04. The molecule has 3 N–H and O–H groups in total. The minimum Gasteiger partial charge on any atom is -0.445 e. The molecule has 0 aliphatic rings. The number of nitrogens with two attached hydrogens (primary N) is 1. The molecule has 7 nitrogen and oxygen atoms in total. The molecular formula is C15H21N3O4. The molecule has 1 aromatic carbocycles. The highest BCUT2D eigenvalue weighted by atomic mass is 16.5. The molecule has 0 saturated heterocycles. The second kappa shape index (κ2) is 8.66. The number of ether oxygens (including phenoxy) is 1. The fraction of sp³-hybridized carbons (Fsp3) is 0.400. The average molecular weight is 307 g/mol. The van der Waals surface area contributed by atoms with Gasteiger partial charge < -0.3 is 20.7 Å². The summed E-state index contributed by atoms with van der Waals surface area (Å²) in [5, 5.41) is 2.46. The Kier molecular flexibility index (Phi) is 6.88. The van der Waals surface area contributed by atoms with Crippen LogP contribution in [0.3, 0.4) is 0 Å². The van der Waals surface area contributed by atoms with Crippen molar-refractivity contribution in [2.45, 2.75) is 25.5 Å². The first-order valence-electron chi connectivity index (χ1n) is 6.87. The summed E-state index contributed by atoms with van der Waals surface area (Å²) < 4.78 is 5.06. The van der Waals surface area contributed by atoms with Crippen LogP contribution in [-0.2, 0) is 20.9 Å². The number of likely N-dealkylation sites (N-methyl/N-ethyl adjacent to an activating group) is 1. The molecule has 1 aromatic rings. The van der Waals surface area contributed by atoms with Gasteiger partial charge in [-0.15, -0.1) is 0 Å². The van der Waals surface area contributed by atoms with E-state index in [0.717, 1.165) is 5.56 Å². The largest absolute Gasteiger partial charge is 0.445 e. The van der Waals surface area contributed by atoms with Gasteiger partial charge in [0.15, 0.2) is 0 Å². The lowest BCUT2D eigenvalue weighted by Crippen LogP contribution is -2.46. The fourth-order valence-corrected chi connectivity index (χ4v) is 1.76. The third kappa shape index (κ3) is 6.25. The fourth-order valence-electron chi connectivity index (χ4n) is 1.76. The molecule has 0 spiro atoms. The molecule has 1 atom stereocenters. The standard InChI is InChI=1S/C15H21N3O4/c1-18(2)14(20)12(8-9-13(16)19)17-15(21)22-10-11-6-4-3-5-7-11/h3-7,12H,8-10H2,1-2H3,(H2,16,19)(H,17,21)/t12-/m0/s1. The Morgan fingerprint density at radius 2 is 1.86 bits per heavy atom. The third-order valence-electron chi connectivity index (χ3n) is 2.92. The van der Waals surface area contributed by atoms with Crippen LogP contribution in [0.2, 0.25) is 0 Å². The normalized spacial score (nSPS) is 11.4. The number of nitrogens with zero attached hydrogens (tertiary/aromatic N) is 1. The predicted octanol–water partition coefficient (Wildman–Crippen LogP) is 0.635. The maximum absolute atomic E-state index is 12.0. The number of amides is 3. The quantitative estimate of drug-likeness (QED) is 0.771. The van der Waals surface area contributed by atoms with E-state index >= 15 is 0 Å². The molecule has 0 saturated carbocycles. The van der Waals surface area contributed by atoms with Crippen molar-refractivity contribution < 1.29 is 19.1 Å². The van der Waals surface area contributed by atoms with Crippen molar-refractivity contribution in [1.29, 1.82) is 0 Å². The van der Waals surface area contributed by atoms with Crippen molar-refractivity contribution in [2.75, 3.05) is 14.1 Å². The Hall–Kier alpha value is -2.57. The Balaban J connectivity index is 2.54. The minimum atomic E-state index is -0.842. The van der Waals surface area contributed by atoms with E-state index in [1.54, 1.807) is 14.1 Å². The van der Waals surface area contributed by atoms with Crippen molar-refractivity contribution in [3.63, 3.8) is 0 Å². The van der Waals surface area contributed by atoms with E-state index in [4.69, 9.17) is 10.5 Å². The van der Waals surface area contributed by atoms with Crippen molar-refractivity contribution >= 4 is 17.9 Å². The zero-order chi connectivity index (χ0) is 16.5. The number of hydrogen-bond acceptors (Lipinski definition) is 4. The van der Waals surface area contributed by atoms with Gasteiger partial charge in [0.05, 0.1) is 0 Å². The molecule has 0 heterocycles. The van der Waals surface area contributed by atoms with E-state index in [-0.39, 0.29) is 25.4 Å². The average Bonchev–Trinajstić information content (AvgIpc) is 2.49. The molecular weight excluding hydrogens is 286 g/mol. The van der Waals surface area contributed by atoms with Crippen LogP contribution in [0.4, 0.5) is 4.79 Å². The molecule has 120 valence electrons. The molecule has 0 unspecified atom stereocenters. The van der Waals surface area contributed by atoms with Crippen molar-refractivity contribution in [3.8, 4) is 0 Å². The minimum absolute atomic E-state index is 0.00319. The van der Waals surface area contributed by atoms with Gasteiger partial charge >= 0.3 is 6.09 Å². The van der Waals surface area contributed by atoms with Crippen LogP contribution in [0.15, 0.2) is 30.3 Å². The van der Waals surface area contributed by atoms with Gasteiger partial charge in [-0.25, -0.2) is 4.79 Å². The van der Waals surface area contributed by atoms with E-state index in [9.17, 15) is 14.4 Å². The number of hydrogen-bond donors (Lipinski definition) is 2. The maximum Gasteiger partial charge on any atom is 0.408 e. The molecule has 0 fully saturated rings. The number of nitrogens with one attached hydrogen (secondary N) is 1. The molecule has 0 aliphatic heterocycles. The first-order valence-corrected chi connectivity index (χ1v) is 6.87. The first-order chi connectivity index (χ1) is 10.4. The van der Waals surface area contributed by atoms with Gasteiger partial charge in [-0.1, -0.05) is 30.3 Å². The topological polar surface area (TPSA) is 102 Å². The smallest absolute Gasteiger partial charge is 0.408 e. The Labute approximate surface area is 129 Å². The summed E-state index contributed by atoms with van der Waals surface area (Å²) in [4.78, 5) is 35.9. The van der Waals surface area contributed by atoms with E-state index in [0.29, 0.717) is 0 Å². The lowest BCUT2D eigenvalue weighted by molar-refractivity contribution is -0.131. The van der Waals surface area contributed by atoms with Gasteiger partial charge in [0.25, 0.3) is 0 Å². The van der Waals surface area contributed by atoms with E-state index < -0.39 is 18.0 Å². The van der Waals surface area contributed by atoms with Crippen molar-refractivity contribution in [1.82, 2.24) is 10.2 Å². The van der Waals surface area contributed by atoms with Crippen molar-refractivity contribution in [3.05, 3.63) is 35.9 Å². The summed E-state index contributed by atoms with van der Waals surface area (Å²) >= 11 is 0. The molecule has 1 rings (SSSR count). The van der Waals surface area contributed by atoms with Crippen molar-refractivity contribution in [2.24, 2.45) is 5.73 Å². The molecule has 0 radical (unpaired) electrons. The SMILES string of the molecule is CN(C)C(=O)[C@H](CCC(N)=O)NC(=O)OCc1ccccc1. The first kappa shape index (κ1) is 17.5. The van der Waals surface area contributed by atoms with Gasteiger partial charge in [0.2, 0.25) is 11.8 Å². The number of rotatable bonds is 7. The monoisotopic (exact) mass is 307 g/mol. The summed E-state index contributed by atoms with van der Waals surface area (Å²) in [5.74, 6) is -0.853. The number of carbonyl (C=O) groups is 3. The second-order valence-electron chi connectivity index (χ2n) is 5.00.